The van der Waals surface area contributed by atoms with Gasteiger partial charge in [-0.1, -0.05) is 114 Å². The van der Waals surface area contributed by atoms with Gasteiger partial charge < -0.3 is 10.2 Å². The molecule has 0 spiro atoms. The molecule has 0 amide bonds. The molecule has 0 atom stereocenters. The lowest BCUT2D eigenvalue weighted by atomic mass is 9.73. The van der Waals surface area contributed by atoms with E-state index in [1.807, 2.05) is 24.3 Å². The lowest BCUT2D eigenvalue weighted by Crippen LogP contribution is -2.22. The summed E-state index contributed by atoms with van der Waals surface area (Å²) in [7, 11) is 0. The van der Waals surface area contributed by atoms with E-state index in [4.69, 9.17) is 0 Å². The van der Waals surface area contributed by atoms with Crippen LogP contribution < -0.4 is 0 Å². The second kappa shape index (κ2) is 8.92. The molecule has 0 saturated heterocycles. The summed E-state index contributed by atoms with van der Waals surface area (Å²) in [5, 5.41) is 19.3. The van der Waals surface area contributed by atoms with Crippen LogP contribution in [0.4, 0.5) is 0 Å². The fourth-order valence-corrected chi connectivity index (χ4v) is 4.86. The van der Waals surface area contributed by atoms with E-state index in [-0.39, 0.29) is 16.2 Å². The van der Waals surface area contributed by atoms with E-state index in [2.05, 4.69) is 90.1 Å². The lowest BCUT2D eigenvalue weighted by molar-refractivity contribution is 0.474. The van der Waals surface area contributed by atoms with Crippen molar-refractivity contribution in [2.24, 2.45) is 0 Å². The highest BCUT2D eigenvalue weighted by atomic mass is 16.3. The van der Waals surface area contributed by atoms with Gasteiger partial charge in [-0.05, 0) is 57.6 Å². The molecule has 2 heteroatoms. The maximum atomic E-state index is 9.65. The van der Waals surface area contributed by atoms with Crippen LogP contribution in [-0.2, 0) is 16.2 Å². The highest BCUT2D eigenvalue weighted by Gasteiger charge is 2.28. The maximum absolute atomic E-state index is 9.65. The van der Waals surface area contributed by atoms with Crippen molar-refractivity contribution in [1.29, 1.82) is 0 Å². The molecule has 4 aromatic carbocycles. The Morgan fingerprint density at radius 1 is 0.314 bits per heavy atom. The Labute approximate surface area is 209 Å². The van der Waals surface area contributed by atoms with E-state index >= 15 is 0 Å². The van der Waals surface area contributed by atoms with Gasteiger partial charge in [0.1, 0.15) is 11.5 Å². The summed E-state index contributed by atoms with van der Waals surface area (Å²) in [5.74, 6) is 0.582. The van der Waals surface area contributed by atoms with Crippen LogP contribution >= 0.6 is 0 Å². The summed E-state index contributed by atoms with van der Waals surface area (Å²) in [6, 6.07) is 32.9. The van der Waals surface area contributed by atoms with Crippen molar-refractivity contribution >= 4 is 0 Å². The van der Waals surface area contributed by atoms with E-state index in [0.29, 0.717) is 11.5 Å². The predicted molar refractivity (Wildman–Crippen MR) is 145 cm³/mol. The Kier molecular flexibility index (Phi) is 6.27. The normalized spacial score (nSPS) is 12.5. The number of hydrogen-bond acceptors (Lipinski definition) is 2. The number of phenolic OH excluding ortho intramolecular Hbond substituents is 2. The SMILES string of the molecule is CC(C)(c1ccc(O)cc1)c1ccc(C(C)(C)c2ccc(C(C)(C)c3ccc(O)cc3)cc2)cc1. The third kappa shape index (κ3) is 4.71. The van der Waals surface area contributed by atoms with E-state index in [0.717, 1.165) is 0 Å². The molecule has 2 nitrogen and oxygen atoms in total. The zero-order valence-corrected chi connectivity index (χ0v) is 21.6. The lowest BCUT2D eigenvalue weighted by Gasteiger charge is -2.31. The number of phenols is 2. The molecule has 0 aliphatic heterocycles. The number of rotatable bonds is 6. The summed E-state index contributed by atoms with van der Waals surface area (Å²) in [6.45, 7) is 13.4. The van der Waals surface area contributed by atoms with Gasteiger partial charge in [0.15, 0.2) is 0 Å². The predicted octanol–water partition coefficient (Wildman–Crippen LogP) is 8.08. The third-order valence-electron chi connectivity index (χ3n) is 7.83. The van der Waals surface area contributed by atoms with Crippen LogP contribution in [-0.4, -0.2) is 10.2 Å². The molecule has 0 radical (unpaired) electrons. The van der Waals surface area contributed by atoms with Crippen LogP contribution in [0, 0.1) is 0 Å². The molecule has 4 rings (SSSR count). The minimum absolute atomic E-state index is 0.136. The zero-order chi connectivity index (χ0) is 25.4. The van der Waals surface area contributed by atoms with Crippen LogP contribution in [0.1, 0.15) is 74.9 Å². The zero-order valence-electron chi connectivity index (χ0n) is 21.6. The molecule has 0 heterocycles. The van der Waals surface area contributed by atoms with Gasteiger partial charge in [-0.2, -0.15) is 0 Å². The molecule has 35 heavy (non-hydrogen) atoms. The molecule has 0 fully saturated rings. The highest BCUT2D eigenvalue weighted by molar-refractivity contribution is 5.46. The molecule has 0 saturated carbocycles. The summed E-state index contributed by atoms with van der Waals surface area (Å²) >= 11 is 0. The molecular formula is C33H36O2. The van der Waals surface area contributed by atoms with E-state index < -0.39 is 0 Å². The second-order valence-electron chi connectivity index (χ2n) is 11.1. The van der Waals surface area contributed by atoms with Gasteiger partial charge in [-0.25, -0.2) is 0 Å². The van der Waals surface area contributed by atoms with Crippen LogP contribution in [0.5, 0.6) is 11.5 Å². The fraction of sp³-hybridized carbons (Fsp3) is 0.273. The minimum Gasteiger partial charge on any atom is -0.508 e. The summed E-state index contributed by atoms with van der Waals surface area (Å²) < 4.78 is 0. The Balaban J connectivity index is 1.58. The van der Waals surface area contributed by atoms with E-state index in [9.17, 15) is 10.2 Å². The van der Waals surface area contributed by atoms with Gasteiger partial charge in [-0.3, -0.25) is 0 Å². The fourth-order valence-electron chi connectivity index (χ4n) is 4.86. The number of aromatic hydroxyl groups is 2. The first-order chi connectivity index (χ1) is 16.4. The molecule has 0 aromatic heterocycles. The standard InChI is InChI=1S/C33H36O2/c1-31(2,23-7-11-25(12-8-23)32(3,4)27-15-19-29(34)20-16-27)24-9-13-26(14-10-24)33(5,6)28-17-21-30(35)22-18-28/h7-22,34-35H,1-6H3. The molecule has 0 aliphatic carbocycles. The molecule has 0 unspecified atom stereocenters. The summed E-state index contributed by atoms with van der Waals surface area (Å²) in [6.07, 6.45) is 0. The van der Waals surface area contributed by atoms with Gasteiger partial charge in [-0.15, -0.1) is 0 Å². The van der Waals surface area contributed by atoms with E-state index in [1.54, 1.807) is 24.3 Å². The monoisotopic (exact) mass is 464 g/mol. The Hall–Kier alpha value is -3.52. The van der Waals surface area contributed by atoms with Gasteiger partial charge in [0, 0.05) is 16.2 Å². The summed E-state index contributed by atoms with van der Waals surface area (Å²) in [5.41, 5.74) is 6.94. The first-order valence-corrected chi connectivity index (χ1v) is 12.2. The van der Waals surface area contributed by atoms with Gasteiger partial charge in [0.25, 0.3) is 0 Å². The first kappa shape index (κ1) is 24.6. The van der Waals surface area contributed by atoms with E-state index in [1.165, 1.54) is 33.4 Å². The molecule has 0 aliphatic rings. The minimum atomic E-state index is -0.155. The van der Waals surface area contributed by atoms with Crippen molar-refractivity contribution in [3.63, 3.8) is 0 Å². The molecular weight excluding hydrogens is 428 g/mol. The van der Waals surface area contributed by atoms with Crippen molar-refractivity contribution in [3.8, 4) is 11.5 Å². The Bertz CT molecular complexity index is 1170. The molecule has 180 valence electrons. The quantitative estimate of drug-likeness (QED) is 0.303. The van der Waals surface area contributed by atoms with Crippen LogP contribution in [0.3, 0.4) is 0 Å². The average molecular weight is 465 g/mol. The number of benzene rings is 4. The largest absolute Gasteiger partial charge is 0.508 e. The van der Waals surface area contributed by atoms with Gasteiger partial charge >= 0.3 is 0 Å². The van der Waals surface area contributed by atoms with Gasteiger partial charge in [0.2, 0.25) is 0 Å². The van der Waals surface area contributed by atoms with Crippen LogP contribution in [0.25, 0.3) is 0 Å². The molecule has 2 N–H and O–H groups in total. The third-order valence-corrected chi connectivity index (χ3v) is 7.83. The van der Waals surface area contributed by atoms with Crippen LogP contribution in [0.2, 0.25) is 0 Å². The Morgan fingerprint density at radius 3 is 0.629 bits per heavy atom. The van der Waals surface area contributed by atoms with Crippen molar-refractivity contribution in [3.05, 3.63) is 130 Å². The van der Waals surface area contributed by atoms with Crippen LogP contribution in [0.15, 0.2) is 97.1 Å². The summed E-state index contributed by atoms with van der Waals surface area (Å²) in [4.78, 5) is 0. The van der Waals surface area contributed by atoms with Crippen molar-refractivity contribution in [1.82, 2.24) is 0 Å². The maximum Gasteiger partial charge on any atom is 0.115 e. The first-order valence-electron chi connectivity index (χ1n) is 12.2. The molecule has 0 bridgehead atoms. The van der Waals surface area contributed by atoms with Crippen molar-refractivity contribution in [2.75, 3.05) is 0 Å². The van der Waals surface area contributed by atoms with Gasteiger partial charge in [0.05, 0.1) is 0 Å². The number of hydrogen-bond donors (Lipinski definition) is 2. The highest BCUT2D eigenvalue weighted by Crippen LogP contribution is 2.38. The molecule has 4 aromatic rings. The second-order valence-corrected chi connectivity index (χ2v) is 11.1. The Morgan fingerprint density at radius 2 is 0.457 bits per heavy atom. The topological polar surface area (TPSA) is 40.5 Å². The van der Waals surface area contributed by atoms with Crippen molar-refractivity contribution in [2.45, 2.75) is 57.8 Å². The smallest absolute Gasteiger partial charge is 0.115 e. The van der Waals surface area contributed by atoms with Crippen molar-refractivity contribution < 1.29 is 10.2 Å². The average Bonchev–Trinajstić information content (AvgIpc) is 2.85.